The normalized spacial score (nSPS) is 10.8. The summed E-state index contributed by atoms with van der Waals surface area (Å²) in [6.45, 7) is 0.632. The first kappa shape index (κ1) is 14.2. The number of aromatic amines is 1. The van der Waals surface area contributed by atoms with Gasteiger partial charge >= 0.3 is 0 Å². The van der Waals surface area contributed by atoms with Gasteiger partial charge in [0.1, 0.15) is 0 Å². The van der Waals surface area contributed by atoms with E-state index in [1.54, 1.807) is 0 Å². The highest BCUT2D eigenvalue weighted by molar-refractivity contribution is 5.85. The van der Waals surface area contributed by atoms with E-state index in [4.69, 9.17) is 0 Å². The van der Waals surface area contributed by atoms with E-state index in [1.807, 2.05) is 60.7 Å². The molecule has 118 valence electrons. The minimum Gasteiger partial charge on any atom is -0.363 e. The molecule has 0 unspecified atom stereocenters. The fourth-order valence-corrected chi connectivity index (χ4v) is 2.54. The number of benzene rings is 2. The largest absolute Gasteiger partial charge is 0.363 e. The molecule has 6 nitrogen and oxygen atoms in total. The molecule has 4 rings (SSSR count). The molecule has 2 aromatic heterocycles. The molecule has 0 bridgehead atoms. The molecule has 0 saturated carbocycles. The van der Waals surface area contributed by atoms with Gasteiger partial charge in [-0.25, -0.2) is 0 Å². The number of anilines is 1. The summed E-state index contributed by atoms with van der Waals surface area (Å²) in [4.78, 5) is 12.3. The number of rotatable bonds is 4. The van der Waals surface area contributed by atoms with Crippen LogP contribution in [0.3, 0.4) is 0 Å². The van der Waals surface area contributed by atoms with Gasteiger partial charge in [0.25, 0.3) is 5.56 Å². The van der Waals surface area contributed by atoms with E-state index < -0.39 is 0 Å². The van der Waals surface area contributed by atoms with Crippen LogP contribution in [-0.4, -0.2) is 20.0 Å². The van der Waals surface area contributed by atoms with Crippen molar-refractivity contribution < 1.29 is 0 Å². The third kappa shape index (κ3) is 2.65. The standard InChI is InChI=1S/C18H15N5O/c24-16-11-15-17(22-23(16)14-9-5-2-6-10-14)18(21-20-15)19-12-13-7-3-1-4-8-13/h1-11,20H,12H2,(H,19,21). The molecule has 0 radical (unpaired) electrons. The first-order valence-corrected chi connectivity index (χ1v) is 7.63. The van der Waals surface area contributed by atoms with Gasteiger partial charge in [0.05, 0.1) is 11.2 Å². The van der Waals surface area contributed by atoms with Gasteiger partial charge in [-0.2, -0.15) is 14.9 Å². The first-order chi connectivity index (χ1) is 11.8. The molecule has 2 aromatic carbocycles. The van der Waals surface area contributed by atoms with Gasteiger partial charge in [-0.3, -0.25) is 9.89 Å². The number of para-hydroxylation sites is 1. The number of nitrogens with zero attached hydrogens (tertiary/aromatic N) is 3. The van der Waals surface area contributed by atoms with E-state index in [9.17, 15) is 4.79 Å². The van der Waals surface area contributed by atoms with Crippen LogP contribution >= 0.6 is 0 Å². The second-order valence-electron chi connectivity index (χ2n) is 5.40. The lowest BCUT2D eigenvalue weighted by atomic mass is 10.2. The lowest BCUT2D eigenvalue weighted by molar-refractivity contribution is 0.832. The Kier molecular flexibility index (Phi) is 3.55. The van der Waals surface area contributed by atoms with Crippen LogP contribution in [0, 0.1) is 0 Å². The van der Waals surface area contributed by atoms with Crippen molar-refractivity contribution in [2.75, 3.05) is 5.32 Å². The number of fused-ring (bicyclic) bond motifs is 1. The number of hydrogen-bond donors (Lipinski definition) is 2. The topological polar surface area (TPSA) is 75.6 Å². The third-order valence-electron chi connectivity index (χ3n) is 3.75. The maximum absolute atomic E-state index is 12.3. The zero-order valence-corrected chi connectivity index (χ0v) is 12.8. The average Bonchev–Trinajstić information content (AvgIpc) is 3.02. The van der Waals surface area contributed by atoms with Crippen LogP contribution in [0.15, 0.2) is 71.5 Å². The Bertz CT molecular complexity index is 1020. The lowest BCUT2D eigenvalue weighted by Crippen LogP contribution is -2.20. The smallest absolute Gasteiger partial charge is 0.273 e. The lowest BCUT2D eigenvalue weighted by Gasteiger charge is -2.06. The van der Waals surface area contributed by atoms with Crippen molar-refractivity contribution in [2.45, 2.75) is 6.54 Å². The fourth-order valence-electron chi connectivity index (χ4n) is 2.54. The van der Waals surface area contributed by atoms with E-state index in [1.165, 1.54) is 10.7 Å². The monoisotopic (exact) mass is 317 g/mol. The Morgan fingerprint density at radius 3 is 2.46 bits per heavy atom. The van der Waals surface area contributed by atoms with E-state index in [2.05, 4.69) is 20.6 Å². The minimum absolute atomic E-state index is 0.202. The summed E-state index contributed by atoms with van der Waals surface area (Å²) in [5, 5.41) is 14.8. The Labute approximate surface area is 137 Å². The highest BCUT2D eigenvalue weighted by atomic mass is 16.1. The number of aromatic nitrogens is 4. The minimum atomic E-state index is -0.202. The molecule has 0 atom stereocenters. The zero-order chi connectivity index (χ0) is 16.4. The summed E-state index contributed by atoms with van der Waals surface area (Å²) in [5.41, 5.74) is 2.91. The predicted molar refractivity (Wildman–Crippen MR) is 93.3 cm³/mol. The summed E-state index contributed by atoms with van der Waals surface area (Å²) in [7, 11) is 0. The van der Waals surface area contributed by atoms with E-state index in [0.29, 0.717) is 23.4 Å². The molecule has 6 heteroatoms. The van der Waals surface area contributed by atoms with E-state index in [0.717, 1.165) is 11.3 Å². The van der Waals surface area contributed by atoms with Crippen LogP contribution in [0.5, 0.6) is 0 Å². The maximum Gasteiger partial charge on any atom is 0.273 e. The van der Waals surface area contributed by atoms with Gasteiger partial charge in [-0.1, -0.05) is 48.5 Å². The van der Waals surface area contributed by atoms with Gasteiger partial charge in [0, 0.05) is 12.6 Å². The summed E-state index contributed by atoms with van der Waals surface area (Å²) in [6, 6.07) is 20.9. The van der Waals surface area contributed by atoms with Crippen molar-refractivity contribution in [1.29, 1.82) is 0 Å². The highest BCUT2D eigenvalue weighted by Crippen LogP contribution is 2.17. The van der Waals surface area contributed by atoms with Gasteiger partial charge in [0.15, 0.2) is 11.3 Å². The maximum atomic E-state index is 12.3. The van der Waals surface area contributed by atoms with Gasteiger partial charge in [0.2, 0.25) is 0 Å². The van der Waals surface area contributed by atoms with Gasteiger partial charge in [-0.05, 0) is 17.7 Å². The van der Waals surface area contributed by atoms with Crippen LogP contribution < -0.4 is 10.9 Å². The molecule has 0 aliphatic carbocycles. The van der Waals surface area contributed by atoms with Crippen LogP contribution in [0.4, 0.5) is 5.82 Å². The Hall–Kier alpha value is -3.41. The summed E-state index contributed by atoms with van der Waals surface area (Å²) in [6.07, 6.45) is 0. The third-order valence-corrected chi connectivity index (χ3v) is 3.75. The molecule has 0 aliphatic rings. The second kappa shape index (κ2) is 6.00. The molecule has 2 N–H and O–H groups in total. The van der Waals surface area contributed by atoms with Crippen LogP contribution in [0.25, 0.3) is 16.7 Å². The molecule has 0 amide bonds. The SMILES string of the molecule is O=c1cc2[nH]nc(NCc3ccccc3)c2nn1-c1ccccc1. The molecule has 0 aliphatic heterocycles. The van der Waals surface area contributed by atoms with Crippen LogP contribution in [0.2, 0.25) is 0 Å². The molecular weight excluding hydrogens is 302 g/mol. The van der Waals surface area contributed by atoms with Crippen LogP contribution in [-0.2, 0) is 6.54 Å². The fraction of sp³-hybridized carbons (Fsp3) is 0.0556. The molecule has 0 fully saturated rings. The van der Waals surface area contributed by atoms with Gasteiger partial charge < -0.3 is 5.32 Å². The first-order valence-electron chi connectivity index (χ1n) is 7.63. The molecule has 0 saturated heterocycles. The molecule has 2 heterocycles. The summed E-state index contributed by atoms with van der Waals surface area (Å²) >= 11 is 0. The molecule has 4 aromatic rings. The van der Waals surface area contributed by atoms with Crippen molar-refractivity contribution in [3.05, 3.63) is 82.6 Å². The van der Waals surface area contributed by atoms with Crippen molar-refractivity contribution in [2.24, 2.45) is 0 Å². The van der Waals surface area contributed by atoms with Crippen molar-refractivity contribution in [3.8, 4) is 5.69 Å². The van der Waals surface area contributed by atoms with Crippen molar-refractivity contribution in [1.82, 2.24) is 20.0 Å². The summed E-state index contributed by atoms with van der Waals surface area (Å²) < 4.78 is 1.38. The molecule has 24 heavy (non-hydrogen) atoms. The van der Waals surface area contributed by atoms with Crippen molar-refractivity contribution in [3.63, 3.8) is 0 Å². The number of H-pyrrole nitrogens is 1. The average molecular weight is 317 g/mol. The molecular formula is C18H15N5O. The Balaban J connectivity index is 1.71. The Morgan fingerprint density at radius 2 is 1.71 bits per heavy atom. The summed E-state index contributed by atoms with van der Waals surface area (Å²) in [5.74, 6) is 0.624. The van der Waals surface area contributed by atoms with Crippen LogP contribution in [0.1, 0.15) is 5.56 Å². The van der Waals surface area contributed by atoms with E-state index in [-0.39, 0.29) is 5.56 Å². The quantitative estimate of drug-likeness (QED) is 0.607. The number of nitrogens with one attached hydrogen (secondary N) is 2. The second-order valence-corrected chi connectivity index (χ2v) is 5.40. The predicted octanol–water partition coefficient (Wildman–Crippen LogP) is 2.72. The van der Waals surface area contributed by atoms with Gasteiger partial charge in [-0.15, -0.1) is 0 Å². The zero-order valence-electron chi connectivity index (χ0n) is 12.8. The Morgan fingerprint density at radius 1 is 1.00 bits per heavy atom. The molecule has 0 spiro atoms. The van der Waals surface area contributed by atoms with E-state index >= 15 is 0 Å². The number of hydrogen-bond acceptors (Lipinski definition) is 4. The highest BCUT2D eigenvalue weighted by Gasteiger charge is 2.11. The van der Waals surface area contributed by atoms with Crippen molar-refractivity contribution >= 4 is 16.9 Å².